The molecule has 2 bridgehead atoms. The van der Waals surface area contributed by atoms with Gasteiger partial charge < -0.3 is 14.8 Å². The van der Waals surface area contributed by atoms with Crippen LogP contribution in [0.3, 0.4) is 0 Å². The average Bonchev–Trinajstić information content (AvgIpc) is 2.88. The number of rotatable bonds is 6. The van der Waals surface area contributed by atoms with Gasteiger partial charge in [0.15, 0.2) is 0 Å². The summed E-state index contributed by atoms with van der Waals surface area (Å²) in [6, 6.07) is 11.2. The highest BCUT2D eigenvalue weighted by Crippen LogP contribution is 2.41. The molecule has 7 rings (SSSR count). The monoisotopic (exact) mass is 461 g/mol. The molecule has 0 unspecified atom stereocenters. The predicted octanol–water partition coefficient (Wildman–Crippen LogP) is 2.34. The zero-order valence-electron chi connectivity index (χ0n) is 18.9. The van der Waals surface area contributed by atoms with Gasteiger partial charge >= 0.3 is 5.97 Å². The Morgan fingerprint density at radius 1 is 1.15 bits per heavy atom. The molecule has 0 atom stereocenters. The Kier molecular flexibility index (Phi) is 5.30. The Balaban J connectivity index is 1.31. The molecule has 0 aromatic carbocycles. The first-order valence-electron chi connectivity index (χ1n) is 11.9. The van der Waals surface area contributed by atoms with Crippen molar-refractivity contribution < 1.29 is 14.3 Å². The van der Waals surface area contributed by atoms with E-state index in [1.54, 1.807) is 16.8 Å². The summed E-state index contributed by atoms with van der Waals surface area (Å²) in [7, 11) is 0. The normalized spacial score (nSPS) is 23.6. The summed E-state index contributed by atoms with van der Waals surface area (Å²) in [4.78, 5) is 36.0. The number of anilines is 1. The lowest BCUT2D eigenvalue weighted by atomic mass is 9.76. The number of hydrogen-bond donors (Lipinski definition) is 1. The van der Waals surface area contributed by atoms with Gasteiger partial charge in [-0.25, -0.2) is 14.8 Å². The van der Waals surface area contributed by atoms with E-state index in [0.29, 0.717) is 43.9 Å². The van der Waals surface area contributed by atoms with Crippen molar-refractivity contribution in [3.05, 3.63) is 58.6 Å². The molecule has 0 spiro atoms. The van der Waals surface area contributed by atoms with Gasteiger partial charge in [-0.3, -0.25) is 14.3 Å². The van der Waals surface area contributed by atoms with Crippen molar-refractivity contribution in [1.29, 1.82) is 0 Å². The summed E-state index contributed by atoms with van der Waals surface area (Å²) in [5, 5.41) is 3.98. The smallest absolute Gasteiger partial charge is 0.332 e. The van der Waals surface area contributed by atoms with Crippen LogP contribution in [0.4, 0.5) is 5.69 Å². The lowest BCUT2D eigenvalue weighted by molar-refractivity contribution is -0.139. The predicted molar refractivity (Wildman–Crippen MR) is 126 cm³/mol. The average molecular weight is 462 g/mol. The molecule has 3 aromatic rings. The van der Waals surface area contributed by atoms with Crippen molar-refractivity contribution in [2.45, 2.75) is 50.4 Å². The molecular formula is C25H27N5O4. The molecule has 1 aliphatic carbocycles. The van der Waals surface area contributed by atoms with Crippen LogP contribution in [-0.2, 0) is 22.6 Å². The molecule has 9 nitrogen and oxygen atoms in total. The number of esters is 1. The molecule has 0 radical (unpaired) electrons. The summed E-state index contributed by atoms with van der Waals surface area (Å²) in [6.07, 6.45) is 6.29. The minimum atomic E-state index is -0.338. The van der Waals surface area contributed by atoms with Gasteiger partial charge in [-0.1, -0.05) is 0 Å². The van der Waals surface area contributed by atoms with E-state index in [9.17, 15) is 9.59 Å². The first-order valence-corrected chi connectivity index (χ1v) is 11.9. The van der Waals surface area contributed by atoms with Crippen molar-refractivity contribution >= 4 is 22.7 Å². The van der Waals surface area contributed by atoms with Gasteiger partial charge in [-0.05, 0) is 56.0 Å². The van der Waals surface area contributed by atoms with Crippen LogP contribution >= 0.6 is 0 Å². The SMILES string of the molecule is O=C1CNc2ccc(CN(CCn3c(=O)ccc4cccnc43)C34CCC(CC3)OC4)nc2O1. The van der Waals surface area contributed by atoms with E-state index in [2.05, 4.69) is 20.2 Å². The summed E-state index contributed by atoms with van der Waals surface area (Å²) < 4.78 is 13.2. The summed E-state index contributed by atoms with van der Waals surface area (Å²) in [5.74, 6) is -0.0151. The Morgan fingerprint density at radius 3 is 2.85 bits per heavy atom. The first kappa shape index (κ1) is 21.2. The summed E-state index contributed by atoms with van der Waals surface area (Å²) in [5.41, 5.74) is 2.09. The Bertz CT molecular complexity index is 1280. The van der Waals surface area contributed by atoms with Gasteiger partial charge in [0.25, 0.3) is 5.56 Å². The zero-order chi connectivity index (χ0) is 23.1. The van der Waals surface area contributed by atoms with Crippen LogP contribution in [0.2, 0.25) is 0 Å². The molecule has 4 aliphatic rings. The first-order chi connectivity index (χ1) is 16.6. The molecule has 1 saturated carbocycles. The minimum Gasteiger partial charge on any atom is -0.404 e. The fraction of sp³-hybridized carbons (Fsp3) is 0.440. The van der Waals surface area contributed by atoms with E-state index < -0.39 is 0 Å². The summed E-state index contributed by atoms with van der Waals surface area (Å²) in [6.45, 7) is 2.57. The van der Waals surface area contributed by atoms with Gasteiger partial charge in [-0.2, -0.15) is 0 Å². The number of nitrogens with zero attached hydrogens (tertiary/aromatic N) is 4. The fourth-order valence-electron chi connectivity index (χ4n) is 5.45. The van der Waals surface area contributed by atoms with Gasteiger partial charge in [0.05, 0.1) is 24.1 Å². The van der Waals surface area contributed by atoms with Crippen LogP contribution in [0.5, 0.6) is 5.88 Å². The standard InChI is InChI=1S/C25H27N5O4/c31-21-6-3-17-2-1-11-26-23(17)30(21)13-12-29(25-9-7-19(8-10-25)33-16-25)15-18-4-5-20-24(28-18)34-22(32)14-27-20/h1-6,11,19,27H,7-10,12-16H2. The van der Waals surface area contributed by atoms with Crippen molar-refractivity contribution in [2.24, 2.45) is 0 Å². The number of carbonyl (C=O) groups excluding carboxylic acids is 1. The van der Waals surface area contributed by atoms with Crippen LogP contribution in [0.15, 0.2) is 47.4 Å². The maximum atomic E-state index is 12.7. The number of pyridine rings is 3. The van der Waals surface area contributed by atoms with Gasteiger partial charge in [0.2, 0.25) is 5.88 Å². The molecule has 0 amide bonds. The number of hydrogen-bond acceptors (Lipinski definition) is 8. The molecule has 176 valence electrons. The van der Waals surface area contributed by atoms with Crippen LogP contribution in [-0.4, -0.2) is 56.7 Å². The van der Waals surface area contributed by atoms with Crippen molar-refractivity contribution in [3.63, 3.8) is 0 Å². The summed E-state index contributed by atoms with van der Waals surface area (Å²) >= 11 is 0. The molecule has 6 heterocycles. The molecule has 3 aliphatic heterocycles. The minimum absolute atomic E-state index is 0.0582. The van der Waals surface area contributed by atoms with Gasteiger partial charge in [-0.15, -0.1) is 0 Å². The third kappa shape index (κ3) is 3.84. The maximum Gasteiger partial charge on any atom is 0.332 e. The van der Waals surface area contributed by atoms with E-state index in [4.69, 9.17) is 9.47 Å². The topological polar surface area (TPSA) is 98.6 Å². The van der Waals surface area contributed by atoms with E-state index in [0.717, 1.165) is 42.5 Å². The van der Waals surface area contributed by atoms with Gasteiger partial charge in [0.1, 0.15) is 12.2 Å². The molecular weight excluding hydrogens is 434 g/mol. The molecule has 34 heavy (non-hydrogen) atoms. The molecule has 1 N–H and O–H groups in total. The van der Waals surface area contributed by atoms with Crippen molar-refractivity contribution in [3.8, 4) is 5.88 Å². The molecule has 3 fully saturated rings. The molecule has 3 aromatic heterocycles. The Hall–Kier alpha value is -3.30. The van der Waals surface area contributed by atoms with Crippen LogP contribution in [0.25, 0.3) is 11.0 Å². The largest absolute Gasteiger partial charge is 0.404 e. The Morgan fingerprint density at radius 2 is 2.03 bits per heavy atom. The number of ether oxygens (including phenoxy) is 2. The highest BCUT2D eigenvalue weighted by Gasteiger charge is 2.45. The zero-order valence-corrected chi connectivity index (χ0v) is 18.9. The van der Waals surface area contributed by atoms with E-state index >= 15 is 0 Å². The number of aromatic nitrogens is 3. The van der Waals surface area contributed by atoms with E-state index in [1.807, 2.05) is 30.3 Å². The molecule has 2 saturated heterocycles. The number of fused-ring (bicyclic) bond motifs is 5. The number of carbonyl (C=O) groups is 1. The third-order valence-electron chi connectivity index (χ3n) is 7.36. The van der Waals surface area contributed by atoms with E-state index in [1.165, 1.54) is 0 Å². The second kappa shape index (κ2) is 8.48. The lowest BCUT2D eigenvalue weighted by Gasteiger charge is -2.52. The fourth-order valence-corrected chi connectivity index (χ4v) is 5.45. The highest BCUT2D eigenvalue weighted by atomic mass is 16.5. The maximum absolute atomic E-state index is 12.7. The van der Waals surface area contributed by atoms with E-state index in [-0.39, 0.29) is 23.6 Å². The van der Waals surface area contributed by atoms with Crippen LogP contribution in [0, 0.1) is 0 Å². The van der Waals surface area contributed by atoms with Crippen LogP contribution < -0.4 is 15.6 Å². The molecule has 9 heteroatoms. The second-order valence-corrected chi connectivity index (χ2v) is 9.38. The lowest BCUT2D eigenvalue weighted by Crippen LogP contribution is -2.59. The second-order valence-electron chi connectivity index (χ2n) is 9.38. The number of nitrogens with one attached hydrogen (secondary N) is 1. The highest BCUT2D eigenvalue weighted by molar-refractivity contribution is 5.82. The van der Waals surface area contributed by atoms with Crippen molar-refractivity contribution in [2.75, 3.05) is 25.0 Å². The third-order valence-corrected chi connectivity index (χ3v) is 7.36. The van der Waals surface area contributed by atoms with Crippen molar-refractivity contribution in [1.82, 2.24) is 19.4 Å². The quantitative estimate of drug-likeness (QED) is 0.559. The van der Waals surface area contributed by atoms with Gasteiger partial charge in [0, 0.05) is 42.8 Å². The van der Waals surface area contributed by atoms with Crippen LogP contribution in [0.1, 0.15) is 31.4 Å². The Labute approximate surface area is 196 Å².